The molecule has 1 amide bonds. The number of carbonyl (C=O) groups excluding carboxylic acids is 1. The Labute approximate surface area is 146 Å². The minimum absolute atomic E-state index is 0.208. The van der Waals surface area contributed by atoms with Crippen LogP contribution in [0.5, 0.6) is 0 Å². The topological polar surface area (TPSA) is 49.3 Å². The Morgan fingerprint density at radius 3 is 2.71 bits per heavy atom. The van der Waals surface area contributed by atoms with E-state index in [0.717, 1.165) is 43.0 Å². The molecule has 0 bridgehead atoms. The summed E-state index contributed by atoms with van der Waals surface area (Å²) in [6.07, 6.45) is 6.23. The van der Waals surface area contributed by atoms with Gasteiger partial charge in [0, 0.05) is 24.9 Å². The first-order valence-electron chi connectivity index (χ1n) is 8.82. The SMILES string of the molecule is CC(=O)N1CCC[C@H]1[C@@H]1CCCN1c1ncnc2sc(C)c(C)c12. The van der Waals surface area contributed by atoms with Crippen LogP contribution in [0, 0.1) is 13.8 Å². The molecule has 2 atom stereocenters. The van der Waals surface area contributed by atoms with Crippen LogP contribution in [0.2, 0.25) is 0 Å². The van der Waals surface area contributed by atoms with Gasteiger partial charge in [-0.05, 0) is 45.1 Å². The Kier molecular flexibility index (Phi) is 3.95. The number of carbonyl (C=O) groups is 1. The lowest BCUT2D eigenvalue weighted by atomic mass is 10.0. The van der Waals surface area contributed by atoms with Gasteiger partial charge in [0.1, 0.15) is 17.0 Å². The summed E-state index contributed by atoms with van der Waals surface area (Å²) in [4.78, 5) is 28.1. The predicted octanol–water partition coefficient (Wildman–Crippen LogP) is 3.29. The lowest BCUT2D eigenvalue weighted by Gasteiger charge is -2.35. The number of amides is 1. The van der Waals surface area contributed by atoms with Crippen molar-refractivity contribution in [2.45, 2.75) is 58.5 Å². The number of rotatable bonds is 2. The first-order valence-corrected chi connectivity index (χ1v) is 9.64. The molecule has 2 saturated heterocycles. The lowest BCUT2D eigenvalue weighted by molar-refractivity contribution is -0.129. The Balaban J connectivity index is 1.75. The quantitative estimate of drug-likeness (QED) is 0.839. The van der Waals surface area contributed by atoms with Crippen molar-refractivity contribution in [1.29, 1.82) is 0 Å². The zero-order chi connectivity index (χ0) is 16.8. The molecule has 0 spiro atoms. The van der Waals surface area contributed by atoms with E-state index in [9.17, 15) is 4.79 Å². The fraction of sp³-hybridized carbons (Fsp3) is 0.611. The van der Waals surface area contributed by atoms with Crippen LogP contribution in [0.1, 0.15) is 43.0 Å². The zero-order valence-electron chi connectivity index (χ0n) is 14.6. The first-order chi connectivity index (χ1) is 11.6. The van der Waals surface area contributed by atoms with Crippen molar-refractivity contribution in [3.63, 3.8) is 0 Å². The number of nitrogens with zero attached hydrogens (tertiary/aromatic N) is 4. The average Bonchev–Trinajstić information content (AvgIpc) is 3.26. The van der Waals surface area contributed by atoms with E-state index in [1.165, 1.54) is 22.2 Å². The molecule has 5 nitrogen and oxygen atoms in total. The summed E-state index contributed by atoms with van der Waals surface area (Å²) < 4.78 is 0. The summed E-state index contributed by atoms with van der Waals surface area (Å²) in [6.45, 7) is 7.95. The molecule has 128 valence electrons. The van der Waals surface area contributed by atoms with E-state index in [2.05, 4.69) is 33.6 Å². The van der Waals surface area contributed by atoms with Crippen molar-refractivity contribution in [2.24, 2.45) is 0 Å². The Hall–Kier alpha value is -1.69. The molecule has 2 aliphatic heterocycles. The van der Waals surface area contributed by atoms with Gasteiger partial charge in [-0.1, -0.05) is 0 Å². The van der Waals surface area contributed by atoms with Gasteiger partial charge in [0.05, 0.1) is 17.5 Å². The van der Waals surface area contributed by atoms with Gasteiger partial charge in [0.15, 0.2) is 0 Å². The summed E-state index contributed by atoms with van der Waals surface area (Å²) in [6, 6.07) is 0.712. The summed E-state index contributed by atoms with van der Waals surface area (Å²) in [5, 5.41) is 1.21. The summed E-state index contributed by atoms with van der Waals surface area (Å²) in [5.41, 5.74) is 1.30. The minimum Gasteiger partial charge on any atom is -0.351 e. The highest BCUT2D eigenvalue weighted by Crippen LogP contribution is 2.39. The maximum atomic E-state index is 12.0. The van der Waals surface area contributed by atoms with E-state index >= 15 is 0 Å². The molecule has 0 N–H and O–H groups in total. The van der Waals surface area contributed by atoms with Gasteiger partial charge < -0.3 is 9.80 Å². The van der Waals surface area contributed by atoms with Gasteiger partial charge in [-0.25, -0.2) is 9.97 Å². The molecule has 2 aromatic rings. The lowest BCUT2D eigenvalue weighted by Crippen LogP contribution is -2.48. The van der Waals surface area contributed by atoms with Crippen LogP contribution < -0.4 is 4.90 Å². The van der Waals surface area contributed by atoms with Crippen molar-refractivity contribution in [1.82, 2.24) is 14.9 Å². The van der Waals surface area contributed by atoms with Gasteiger partial charge in [-0.3, -0.25) is 4.79 Å². The van der Waals surface area contributed by atoms with Crippen LogP contribution in [0.4, 0.5) is 5.82 Å². The molecule has 0 unspecified atom stereocenters. The fourth-order valence-electron chi connectivity index (χ4n) is 4.42. The average molecular weight is 344 g/mol. The Morgan fingerprint density at radius 1 is 1.17 bits per heavy atom. The molecule has 0 aromatic carbocycles. The van der Waals surface area contributed by atoms with Gasteiger partial charge in [-0.15, -0.1) is 11.3 Å². The van der Waals surface area contributed by atoms with E-state index in [-0.39, 0.29) is 5.91 Å². The summed E-state index contributed by atoms with van der Waals surface area (Å²) in [5.74, 6) is 1.28. The third-order valence-corrected chi connectivity index (χ3v) is 6.78. The van der Waals surface area contributed by atoms with Crippen LogP contribution in [0.25, 0.3) is 10.2 Å². The van der Waals surface area contributed by atoms with Gasteiger partial charge in [0.2, 0.25) is 5.91 Å². The van der Waals surface area contributed by atoms with E-state index in [0.29, 0.717) is 12.1 Å². The molecule has 4 rings (SSSR count). The molecule has 0 aliphatic carbocycles. The van der Waals surface area contributed by atoms with Gasteiger partial charge >= 0.3 is 0 Å². The zero-order valence-corrected chi connectivity index (χ0v) is 15.4. The van der Waals surface area contributed by atoms with Crippen molar-refractivity contribution < 1.29 is 4.79 Å². The highest BCUT2D eigenvalue weighted by Gasteiger charge is 2.40. The number of anilines is 1. The number of aromatic nitrogens is 2. The highest BCUT2D eigenvalue weighted by molar-refractivity contribution is 7.18. The second-order valence-electron chi connectivity index (χ2n) is 6.99. The van der Waals surface area contributed by atoms with Crippen LogP contribution >= 0.6 is 11.3 Å². The number of hydrogen-bond donors (Lipinski definition) is 0. The van der Waals surface area contributed by atoms with E-state index in [1.807, 2.05) is 0 Å². The van der Waals surface area contributed by atoms with Crippen LogP contribution in [0.3, 0.4) is 0 Å². The van der Waals surface area contributed by atoms with Crippen molar-refractivity contribution in [3.8, 4) is 0 Å². The maximum absolute atomic E-state index is 12.0. The number of fused-ring (bicyclic) bond motifs is 1. The molecule has 2 aromatic heterocycles. The van der Waals surface area contributed by atoms with Crippen molar-refractivity contribution >= 4 is 33.3 Å². The smallest absolute Gasteiger partial charge is 0.219 e. The minimum atomic E-state index is 0.208. The molecule has 24 heavy (non-hydrogen) atoms. The van der Waals surface area contributed by atoms with Crippen molar-refractivity contribution in [3.05, 3.63) is 16.8 Å². The van der Waals surface area contributed by atoms with E-state index in [1.54, 1.807) is 24.6 Å². The summed E-state index contributed by atoms with van der Waals surface area (Å²) in [7, 11) is 0. The second kappa shape index (κ2) is 5.99. The third-order valence-electron chi connectivity index (χ3n) is 5.66. The predicted molar refractivity (Wildman–Crippen MR) is 97.7 cm³/mol. The molecule has 2 fully saturated rings. The van der Waals surface area contributed by atoms with Crippen LogP contribution in [-0.4, -0.2) is 45.9 Å². The second-order valence-corrected chi connectivity index (χ2v) is 8.19. The molecular weight excluding hydrogens is 320 g/mol. The molecule has 4 heterocycles. The molecule has 0 radical (unpaired) electrons. The standard InChI is InChI=1S/C18H24N4OS/c1-11-12(2)24-18-16(11)17(19-10-20-18)22-9-5-7-15(22)14-6-4-8-21(14)13(3)23/h10,14-15H,4-9H2,1-3H3/t14-,15-/m0/s1. The monoisotopic (exact) mass is 344 g/mol. The van der Waals surface area contributed by atoms with E-state index < -0.39 is 0 Å². The van der Waals surface area contributed by atoms with E-state index in [4.69, 9.17) is 0 Å². The molecular formula is C18H24N4OS. The third kappa shape index (κ3) is 2.39. The van der Waals surface area contributed by atoms with Gasteiger partial charge in [0.25, 0.3) is 0 Å². The Bertz CT molecular complexity index is 787. The largest absolute Gasteiger partial charge is 0.351 e. The van der Waals surface area contributed by atoms with Crippen LogP contribution in [0.15, 0.2) is 6.33 Å². The number of hydrogen-bond acceptors (Lipinski definition) is 5. The number of likely N-dealkylation sites (tertiary alicyclic amines) is 1. The van der Waals surface area contributed by atoms with Crippen LogP contribution in [-0.2, 0) is 4.79 Å². The first kappa shape index (κ1) is 15.8. The highest BCUT2D eigenvalue weighted by atomic mass is 32.1. The molecule has 2 aliphatic rings. The number of thiophene rings is 1. The van der Waals surface area contributed by atoms with Crippen molar-refractivity contribution in [2.75, 3.05) is 18.0 Å². The summed E-state index contributed by atoms with van der Waals surface area (Å²) >= 11 is 1.75. The van der Waals surface area contributed by atoms with Gasteiger partial charge in [-0.2, -0.15) is 0 Å². The Morgan fingerprint density at radius 2 is 1.92 bits per heavy atom. The number of aryl methyl sites for hydroxylation is 2. The fourth-order valence-corrected chi connectivity index (χ4v) is 5.41. The normalized spacial score (nSPS) is 24.3. The maximum Gasteiger partial charge on any atom is 0.219 e. The molecule has 6 heteroatoms. The molecule has 0 saturated carbocycles.